The van der Waals surface area contributed by atoms with Gasteiger partial charge in [0.1, 0.15) is 12.6 Å². The zero-order valence-corrected chi connectivity index (χ0v) is 19.2. The summed E-state index contributed by atoms with van der Waals surface area (Å²) in [7, 11) is 1.60. The maximum Gasteiger partial charge on any atom is 0.407 e. The number of amides is 2. The van der Waals surface area contributed by atoms with Crippen molar-refractivity contribution >= 4 is 18.0 Å². The molecule has 2 aliphatic carbocycles. The second kappa shape index (κ2) is 10.7. The Morgan fingerprint density at radius 1 is 1.03 bits per heavy atom. The number of hydrogen-bond acceptors (Lipinski definition) is 5. The second-order valence-electron chi connectivity index (χ2n) is 8.83. The van der Waals surface area contributed by atoms with Gasteiger partial charge in [0, 0.05) is 19.6 Å². The van der Waals surface area contributed by atoms with E-state index in [1.165, 1.54) is 0 Å². The highest BCUT2D eigenvalue weighted by Gasteiger charge is 2.31. The SMILES string of the molecule is COC(CNC(=O)C(CC(=O)O)NC(=O)OCC1c2ccccc2-c2ccccc21)C1CCC1. The lowest BCUT2D eigenvalue weighted by Gasteiger charge is -2.33. The van der Waals surface area contributed by atoms with Crippen LogP contribution in [-0.2, 0) is 19.1 Å². The van der Waals surface area contributed by atoms with Crippen LogP contribution in [0.15, 0.2) is 48.5 Å². The van der Waals surface area contributed by atoms with Crippen molar-refractivity contribution in [1.82, 2.24) is 10.6 Å². The van der Waals surface area contributed by atoms with Crippen LogP contribution in [0.3, 0.4) is 0 Å². The lowest BCUT2D eigenvalue weighted by molar-refractivity contribution is -0.140. The van der Waals surface area contributed by atoms with E-state index in [2.05, 4.69) is 10.6 Å². The summed E-state index contributed by atoms with van der Waals surface area (Å²) < 4.78 is 10.9. The van der Waals surface area contributed by atoms with E-state index in [0.29, 0.717) is 5.92 Å². The Kier molecular flexibility index (Phi) is 7.47. The number of rotatable bonds is 10. The molecular formula is C26H30N2O6. The van der Waals surface area contributed by atoms with Gasteiger partial charge in [-0.3, -0.25) is 9.59 Å². The minimum absolute atomic E-state index is 0.0781. The first-order valence-corrected chi connectivity index (χ1v) is 11.6. The average molecular weight is 467 g/mol. The van der Waals surface area contributed by atoms with Gasteiger partial charge < -0.3 is 25.2 Å². The van der Waals surface area contributed by atoms with Gasteiger partial charge in [0.15, 0.2) is 0 Å². The molecule has 2 aromatic rings. The maximum atomic E-state index is 12.7. The van der Waals surface area contributed by atoms with Gasteiger partial charge in [0.2, 0.25) is 5.91 Å². The number of benzene rings is 2. The predicted molar refractivity (Wildman–Crippen MR) is 125 cm³/mol. The van der Waals surface area contributed by atoms with Gasteiger partial charge in [0.05, 0.1) is 12.5 Å². The van der Waals surface area contributed by atoms with Gasteiger partial charge in [0.25, 0.3) is 0 Å². The van der Waals surface area contributed by atoms with Gasteiger partial charge in [-0.25, -0.2) is 4.79 Å². The van der Waals surface area contributed by atoms with Gasteiger partial charge in [-0.15, -0.1) is 0 Å². The lowest BCUT2D eigenvalue weighted by atomic mass is 9.81. The molecule has 0 aliphatic heterocycles. The second-order valence-corrected chi connectivity index (χ2v) is 8.83. The normalized spacial score (nSPS) is 16.5. The highest BCUT2D eigenvalue weighted by Crippen LogP contribution is 2.44. The van der Waals surface area contributed by atoms with Crippen molar-refractivity contribution in [2.45, 2.75) is 43.7 Å². The largest absolute Gasteiger partial charge is 0.481 e. The molecule has 2 amide bonds. The van der Waals surface area contributed by atoms with Crippen LogP contribution in [0.4, 0.5) is 4.79 Å². The van der Waals surface area contributed by atoms with E-state index in [1.807, 2.05) is 48.5 Å². The zero-order chi connectivity index (χ0) is 24.1. The quantitative estimate of drug-likeness (QED) is 0.495. The Morgan fingerprint density at radius 3 is 2.18 bits per heavy atom. The van der Waals surface area contributed by atoms with Gasteiger partial charge in [-0.05, 0) is 41.0 Å². The smallest absolute Gasteiger partial charge is 0.407 e. The standard InChI is InChI=1S/C26H30N2O6/c1-33-23(16-7-6-8-16)14-27-25(31)22(13-24(29)30)28-26(32)34-15-21-19-11-4-2-9-17(19)18-10-3-5-12-20(18)21/h2-5,9-12,16,21-23H,6-8,13-15H2,1H3,(H,27,31)(H,28,32)(H,29,30). The van der Waals surface area contributed by atoms with Crippen LogP contribution in [0.25, 0.3) is 11.1 Å². The topological polar surface area (TPSA) is 114 Å². The molecule has 0 aromatic heterocycles. The van der Waals surface area contributed by atoms with Gasteiger partial charge in [-0.2, -0.15) is 0 Å². The van der Waals surface area contributed by atoms with Crippen molar-refractivity contribution in [1.29, 1.82) is 0 Å². The number of carboxylic acid groups (broad SMARTS) is 1. The molecule has 8 heteroatoms. The highest BCUT2D eigenvalue weighted by atomic mass is 16.5. The summed E-state index contributed by atoms with van der Waals surface area (Å²) in [6.45, 7) is 0.344. The fourth-order valence-electron chi connectivity index (χ4n) is 4.74. The Morgan fingerprint density at radius 2 is 1.65 bits per heavy atom. The number of carbonyl (C=O) groups excluding carboxylic acids is 2. The van der Waals surface area contributed by atoms with Crippen LogP contribution >= 0.6 is 0 Å². The highest BCUT2D eigenvalue weighted by molar-refractivity contribution is 5.89. The third-order valence-electron chi connectivity index (χ3n) is 6.79. The summed E-state index contributed by atoms with van der Waals surface area (Å²) >= 11 is 0. The first kappa shape index (κ1) is 23.8. The molecule has 0 bridgehead atoms. The molecule has 1 fully saturated rings. The number of methoxy groups -OCH3 is 1. The summed E-state index contributed by atoms with van der Waals surface area (Å²) in [6, 6.07) is 14.7. The van der Waals surface area contributed by atoms with Gasteiger partial charge in [-0.1, -0.05) is 55.0 Å². The van der Waals surface area contributed by atoms with Crippen molar-refractivity contribution in [3.63, 3.8) is 0 Å². The van der Waals surface area contributed by atoms with Crippen LogP contribution < -0.4 is 10.6 Å². The number of carbonyl (C=O) groups is 3. The van der Waals surface area contributed by atoms with Crippen LogP contribution in [0.2, 0.25) is 0 Å². The monoisotopic (exact) mass is 466 g/mol. The summed E-state index contributed by atoms with van der Waals surface area (Å²) in [6.07, 6.45) is 1.74. The van der Waals surface area contributed by atoms with E-state index in [9.17, 15) is 19.5 Å². The number of carboxylic acids is 1. The van der Waals surface area contributed by atoms with Crippen molar-refractivity contribution in [2.24, 2.45) is 5.92 Å². The van der Waals surface area contributed by atoms with E-state index >= 15 is 0 Å². The van der Waals surface area contributed by atoms with Crippen molar-refractivity contribution < 1.29 is 29.0 Å². The Balaban J connectivity index is 1.36. The van der Waals surface area contributed by atoms with E-state index in [4.69, 9.17) is 9.47 Å². The molecule has 1 saturated carbocycles. The van der Waals surface area contributed by atoms with E-state index in [1.54, 1.807) is 7.11 Å². The van der Waals surface area contributed by atoms with Crippen molar-refractivity contribution in [2.75, 3.05) is 20.3 Å². The minimum atomic E-state index is -1.24. The van der Waals surface area contributed by atoms with Crippen LogP contribution in [0.5, 0.6) is 0 Å². The molecule has 2 atom stereocenters. The molecule has 0 saturated heterocycles. The average Bonchev–Trinajstić information content (AvgIpc) is 3.12. The molecule has 4 rings (SSSR count). The fraction of sp³-hybridized carbons (Fsp3) is 0.423. The number of nitrogens with one attached hydrogen (secondary N) is 2. The molecule has 2 aromatic carbocycles. The minimum Gasteiger partial charge on any atom is -0.481 e. The molecule has 0 spiro atoms. The molecule has 0 radical (unpaired) electrons. The fourth-order valence-corrected chi connectivity index (χ4v) is 4.74. The molecule has 180 valence electrons. The third-order valence-corrected chi connectivity index (χ3v) is 6.79. The van der Waals surface area contributed by atoms with Crippen molar-refractivity contribution in [3.05, 3.63) is 59.7 Å². The summed E-state index contributed by atoms with van der Waals surface area (Å²) in [5.41, 5.74) is 4.35. The molecule has 2 aliphatic rings. The van der Waals surface area contributed by atoms with E-state index in [-0.39, 0.29) is 25.2 Å². The Labute approximate surface area is 198 Å². The zero-order valence-electron chi connectivity index (χ0n) is 19.2. The Bertz CT molecular complexity index is 1010. The lowest BCUT2D eigenvalue weighted by Crippen LogP contribution is -2.50. The van der Waals surface area contributed by atoms with Crippen molar-refractivity contribution in [3.8, 4) is 11.1 Å². The van der Waals surface area contributed by atoms with E-state index < -0.39 is 30.4 Å². The summed E-state index contributed by atoms with van der Waals surface area (Å²) in [4.78, 5) is 36.5. The number of alkyl carbamates (subject to hydrolysis) is 1. The summed E-state index contributed by atoms with van der Waals surface area (Å²) in [5.74, 6) is -1.51. The molecule has 34 heavy (non-hydrogen) atoms. The molecular weight excluding hydrogens is 436 g/mol. The predicted octanol–water partition coefficient (Wildman–Crippen LogP) is 3.30. The molecule has 2 unspecified atom stereocenters. The third kappa shape index (κ3) is 5.22. The van der Waals surface area contributed by atoms with Crippen LogP contribution in [-0.4, -0.2) is 55.5 Å². The first-order valence-electron chi connectivity index (χ1n) is 11.6. The molecule has 0 heterocycles. The first-order chi connectivity index (χ1) is 16.5. The van der Waals surface area contributed by atoms with Crippen LogP contribution in [0.1, 0.15) is 42.7 Å². The van der Waals surface area contributed by atoms with Gasteiger partial charge >= 0.3 is 12.1 Å². The molecule has 3 N–H and O–H groups in total. The number of hydrogen-bond donors (Lipinski definition) is 3. The Hall–Kier alpha value is -3.39. The number of fused-ring (bicyclic) bond motifs is 3. The number of aliphatic carboxylic acids is 1. The number of ether oxygens (including phenoxy) is 2. The van der Waals surface area contributed by atoms with E-state index in [0.717, 1.165) is 41.5 Å². The molecule has 8 nitrogen and oxygen atoms in total. The van der Waals surface area contributed by atoms with Crippen LogP contribution in [0, 0.1) is 5.92 Å². The summed E-state index contributed by atoms with van der Waals surface area (Å²) in [5, 5.41) is 14.4. The maximum absolute atomic E-state index is 12.7.